The Morgan fingerprint density at radius 3 is 2.29 bits per heavy atom. The van der Waals surface area contributed by atoms with Gasteiger partial charge in [0, 0.05) is 6.42 Å². The SMILES string of the molecule is C[C@H]1O[C@@H](O[C@@H]2[C@H](OC(=O)CCc3ccc(O)c(O)c3)[C@@H](CO)OC(O)[C@@H]2O)[C@H](O)[C@H](O)[C@@H]1O. The molecule has 13 heteroatoms. The van der Waals surface area contributed by atoms with Crippen molar-refractivity contribution in [2.75, 3.05) is 6.61 Å². The predicted octanol–water partition coefficient (Wildman–Crippen LogP) is -2.77. The van der Waals surface area contributed by atoms with E-state index in [0.717, 1.165) is 0 Å². The Hall–Kier alpha value is -2.07. The summed E-state index contributed by atoms with van der Waals surface area (Å²) in [6.45, 7) is 0.694. The molecular formula is C21H30O13. The van der Waals surface area contributed by atoms with Crippen molar-refractivity contribution in [3.63, 3.8) is 0 Å². The van der Waals surface area contributed by atoms with E-state index in [1.165, 1.54) is 25.1 Å². The van der Waals surface area contributed by atoms with Crippen LogP contribution in [0.5, 0.6) is 11.5 Å². The van der Waals surface area contributed by atoms with Gasteiger partial charge in [0.25, 0.3) is 0 Å². The molecule has 0 bridgehead atoms. The molecular weight excluding hydrogens is 460 g/mol. The van der Waals surface area contributed by atoms with Gasteiger partial charge in [-0.25, -0.2) is 0 Å². The van der Waals surface area contributed by atoms with E-state index in [2.05, 4.69) is 0 Å². The number of phenols is 2. The summed E-state index contributed by atoms with van der Waals surface area (Å²) in [6.07, 6.45) is -15.3. The van der Waals surface area contributed by atoms with E-state index in [4.69, 9.17) is 18.9 Å². The van der Waals surface area contributed by atoms with Gasteiger partial charge in [-0.3, -0.25) is 4.79 Å². The molecule has 13 nitrogen and oxygen atoms in total. The quantitative estimate of drug-likeness (QED) is 0.144. The number of carbonyl (C=O) groups is 1. The number of hydrogen-bond donors (Lipinski definition) is 8. The van der Waals surface area contributed by atoms with E-state index in [-0.39, 0.29) is 24.3 Å². The molecule has 0 amide bonds. The summed E-state index contributed by atoms with van der Waals surface area (Å²) in [5.41, 5.74) is 0.523. The van der Waals surface area contributed by atoms with Crippen LogP contribution in [0.4, 0.5) is 0 Å². The lowest BCUT2D eigenvalue weighted by molar-refractivity contribution is -0.353. The summed E-state index contributed by atoms with van der Waals surface area (Å²) >= 11 is 0. The second-order valence-corrected chi connectivity index (χ2v) is 8.30. The van der Waals surface area contributed by atoms with Gasteiger partial charge in [-0.05, 0) is 31.0 Å². The number of carbonyl (C=O) groups excluding carboxylic acids is 1. The average Bonchev–Trinajstić information content (AvgIpc) is 2.81. The Morgan fingerprint density at radius 1 is 0.941 bits per heavy atom. The highest BCUT2D eigenvalue weighted by atomic mass is 16.7. The summed E-state index contributed by atoms with van der Waals surface area (Å²) in [4.78, 5) is 12.5. The number of aromatic hydroxyl groups is 2. The fourth-order valence-corrected chi connectivity index (χ4v) is 3.82. The smallest absolute Gasteiger partial charge is 0.306 e. The number of hydrogen-bond acceptors (Lipinski definition) is 13. The van der Waals surface area contributed by atoms with Gasteiger partial charge >= 0.3 is 5.97 Å². The third-order valence-corrected chi connectivity index (χ3v) is 5.84. The number of rotatable bonds is 7. The second-order valence-electron chi connectivity index (χ2n) is 8.30. The average molecular weight is 490 g/mol. The lowest BCUT2D eigenvalue weighted by atomic mass is 9.97. The van der Waals surface area contributed by atoms with Crippen molar-refractivity contribution in [3.8, 4) is 11.5 Å². The van der Waals surface area contributed by atoms with Crippen LogP contribution in [0.3, 0.4) is 0 Å². The van der Waals surface area contributed by atoms with Crippen molar-refractivity contribution in [1.29, 1.82) is 0 Å². The predicted molar refractivity (Wildman–Crippen MR) is 109 cm³/mol. The van der Waals surface area contributed by atoms with Gasteiger partial charge in [0.05, 0.1) is 12.7 Å². The molecule has 0 aromatic heterocycles. The summed E-state index contributed by atoms with van der Waals surface area (Å²) in [7, 11) is 0. The van der Waals surface area contributed by atoms with Crippen LogP contribution in [-0.4, -0.2) is 115 Å². The van der Waals surface area contributed by atoms with Gasteiger partial charge in [0.15, 0.2) is 30.2 Å². The molecule has 2 heterocycles. The van der Waals surface area contributed by atoms with Crippen molar-refractivity contribution >= 4 is 5.97 Å². The maximum absolute atomic E-state index is 12.5. The molecule has 0 aliphatic carbocycles. The van der Waals surface area contributed by atoms with Crippen molar-refractivity contribution in [3.05, 3.63) is 23.8 Å². The zero-order chi connectivity index (χ0) is 25.2. The molecule has 2 aliphatic heterocycles. The number of benzene rings is 1. The van der Waals surface area contributed by atoms with Crippen molar-refractivity contribution in [2.45, 2.75) is 81.2 Å². The Labute approximate surface area is 194 Å². The van der Waals surface area contributed by atoms with E-state index < -0.39 is 74.0 Å². The summed E-state index contributed by atoms with van der Waals surface area (Å²) in [6, 6.07) is 4.03. The highest BCUT2D eigenvalue weighted by Gasteiger charge is 2.51. The molecule has 3 rings (SSSR count). The van der Waals surface area contributed by atoms with Gasteiger partial charge < -0.3 is 59.8 Å². The molecule has 34 heavy (non-hydrogen) atoms. The number of aliphatic hydroxyl groups is 6. The molecule has 1 unspecified atom stereocenters. The van der Waals surface area contributed by atoms with Crippen LogP contribution >= 0.6 is 0 Å². The fraction of sp³-hybridized carbons (Fsp3) is 0.667. The molecule has 8 N–H and O–H groups in total. The summed E-state index contributed by atoms with van der Waals surface area (Å²) in [5.74, 6) is -1.47. The van der Waals surface area contributed by atoms with Crippen LogP contribution in [0.25, 0.3) is 0 Å². The van der Waals surface area contributed by atoms with E-state index in [9.17, 15) is 45.6 Å². The standard InChI is InChI=1S/C21H30O13/c1-8-14(26)15(27)16(28)21(31-8)34-19-17(29)20(30)32-12(7-22)18(19)33-13(25)5-3-9-2-4-10(23)11(24)6-9/h2,4,6,8,12,14-24,26-30H,3,5,7H2,1H3/t8-,12-,14-,15-,16-,17-,18-,19+,20?,21+/m1/s1. The van der Waals surface area contributed by atoms with Crippen molar-refractivity contribution < 1.29 is 64.6 Å². The third kappa shape index (κ3) is 5.76. The maximum Gasteiger partial charge on any atom is 0.306 e. The second kappa shape index (κ2) is 11.1. The first-order valence-corrected chi connectivity index (χ1v) is 10.7. The summed E-state index contributed by atoms with van der Waals surface area (Å²) in [5, 5.41) is 79.1. The Morgan fingerprint density at radius 2 is 1.65 bits per heavy atom. The topological polar surface area (TPSA) is 216 Å². The van der Waals surface area contributed by atoms with Crippen molar-refractivity contribution in [1.82, 2.24) is 0 Å². The number of ether oxygens (including phenoxy) is 4. The van der Waals surface area contributed by atoms with E-state index in [0.29, 0.717) is 5.56 Å². The lowest BCUT2D eigenvalue weighted by Crippen LogP contribution is -2.64. The summed E-state index contributed by atoms with van der Waals surface area (Å²) < 4.78 is 21.4. The first-order valence-electron chi connectivity index (χ1n) is 10.7. The molecule has 0 saturated carbocycles. The number of esters is 1. The normalized spacial score (nSPS) is 38.4. The van der Waals surface area contributed by atoms with Gasteiger partial charge in [0.2, 0.25) is 0 Å². The highest BCUT2D eigenvalue weighted by Crippen LogP contribution is 2.30. The van der Waals surface area contributed by atoms with Gasteiger partial charge in [-0.1, -0.05) is 6.07 Å². The molecule has 1 aromatic rings. The van der Waals surface area contributed by atoms with Crippen LogP contribution in [0.2, 0.25) is 0 Å². The van der Waals surface area contributed by atoms with Crippen LogP contribution in [0, 0.1) is 0 Å². The van der Waals surface area contributed by atoms with Crippen LogP contribution in [0.15, 0.2) is 18.2 Å². The Kier molecular flexibility index (Phi) is 8.67. The van der Waals surface area contributed by atoms with Gasteiger partial charge in [-0.15, -0.1) is 0 Å². The zero-order valence-corrected chi connectivity index (χ0v) is 18.2. The van der Waals surface area contributed by atoms with E-state index in [1.807, 2.05) is 0 Å². The molecule has 2 aliphatic rings. The molecule has 2 saturated heterocycles. The first-order chi connectivity index (χ1) is 16.0. The lowest BCUT2D eigenvalue weighted by Gasteiger charge is -2.45. The number of aliphatic hydroxyl groups excluding tert-OH is 6. The Bertz CT molecular complexity index is 835. The van der Waals surface area contributed by atoms with E-state index >= 15 is 0 Å². The largest absolute Gasteiger partial charge is 0.504 e. The maximum atomic E-state index is 12.5. The monoisotopic (exact) mass is 490 g/mol. The van der Waals surface area contributed by atoms with E-state index in [1.54, 1.807) is 0 Å². The third-order valence-electron chi connectivity index (χ3n) is 5.84. The van der Waals surface area contributed by atoms with Crippen LogP contribution < -0.4 is 0 Å². The minimum atomic E-state index is -1.83. The molecule has 1 aromatic carbocycles. The molecule has 192 valence electrons. The minimum Gasteiger partial charge on any atom is -0.504 e. The van der Waals surface area contributed by atoms with Gasteiger partial charge in [0.1, 0.15) is 36.6 Å². The van der Waals surface area contributed by atoms with Crippen LogP contribution in [-0.2, 0) is 30.2 Å². The van der Waals surface area contributed by atoms with Crippen molar-refractivity contribution in [2.24, 2.45) is 0 Å². The minimum absolute atomic E-state index is 0.118. The molecule has 0 spiro atoms. The van der Waals surface area contributed by atoms with Crippen LogP contribution in [0.1, 0.15) is 18.9 Å². The first kappa shape index (κ1) is 26.5. The molecule has 2 fully saturated rings. The fourth-order valence-electron chi connectivity index (χ4n) is 3.82. The Balaban J connectivity index is 1.72. The molecule has 0 radical (unpaired) electrons. The number of phenolic OH excluding ortho intramolecular Hbond substituents is 2. The highest BCUT2D eigenvalue weighted by molar-refractivity contribution is 5.70. The van der Waals surface area contributed by atoms with Gasteiger partial charge in [-0.2, -0.15) is 0 Å². The number of aryl methyl sites for hydroxylation is 1. The molecule has 10 atom stereocenters. The zero-order valence-electron chi connectivity index (χ0n) is 18.2.